The number of carbonyl (C=O) groups is 1. The van der Waals surface area contributed by atoms with E-state index in [-0.39, 0.29) is 12.5 Å². The third kappa shape index (κ3) is 4.83. The first-order valence-electron chi connectivity index (χ1n) is 5.38. The van der Waals surface area contributed by atoms with Gasteiger partial charge in [-0.3, -0.25) is 4.79 Å². The van der Waals surface area contributed by atoms with Crippen LogP contribution in [0.1, 0.15) is 19.8 Å². The van der Waals surface area contributed by atoms with Gasteiger partial charge in [0.1, 0.15) is 6.54 Å². The fourth-order valence-electron chi connectivity index (χ4n) is 1.15. The molecule has 1 aromatic carbocycles. The first kappa shape index (κ1) is 13.3. The van der Waals surface area contributed by atoms with Crippen LogP contribution in [0.5, 0.6) is 0 Å². The SMILES string of the molecule is CCCCOC(=O)CNc1ccccc1I. The number of ether oxygens (including phenoxy) is 1. The average Bonchev–Trinajstić information content (AvgIpc) is 2.28. The summed E-state index contributed by atoms with van der Waals surface area (Å²) in [5, 5.41) is 3.06. The van der Waals surface area contributed by atoms with Gasteiger partial charge < -0.3 is 10.1 Å². The van der Waals surface area contributed by atoms with E-state index in [2.05, 4.69) is 34.8 Å². The Bertz CT molecular complexity index is 342. The lowest BCUT2D eigenvalue weighted by Gasteiger charge is -2.08. The standard InChI is InChI=1S/C12H16INO2/c1-2-3-8-16-12(15)9-14-11-7-5-4-6-10(11)13/h4-7,14H,2-3,8-9H2,1H3. The molecule has 0 saturated heterocycles. The molecule has 0 fully saturated rings. The molecule has 1 aromatic rings. The molecule has 1 rings (SSSR count). The van der Waals surface area contributed by atoms with E-state index in [0.717, 1.165) is 22.1 Å². The summed E-state index contributed by atoms with van der Waals surface area (Å²) in [6, 6.07) is 7.84. The normalized spacial score (nSPS) is 9.88. The van der Waals surface area contributed by atoms with Gasteiger partial charge >= 0.3 is 5.97 Å². The van der Waals surface area contributed by atoms with Crippen molar-refractivity contribution in [3.8, 4) is 0 Å². The summed E-state index contributed by atoms with van der Waals surface area (Å²) in [5.74, 6) is -0.201. The quantitative estimate of drug-likeness (QED) is 0.494. The lowest BCUT2D eigenvalue weighted by molar-refractivity contribution is -0.141. The van der Waals surface area contributed by atoms with Crippen molar-refractivity contribution in [3.63, 3.8) is 0 Å². The molecule has 1 N–H and O–H groups in total. The number of unbranched alkanes of at least 4 members (excludes halogenated alkanes) is 1. The van der Waals surface area contributed by atoms with E-state index in [9.17, 15) is 4.79 Å². The van der Waals surface area contributed by atoms with Crippen LogP contribution in [0.25, 0.3) is 0 Å². The van der Waals surface area contributed by atoms with Gasteiger partial charge in [-0.2, -0.15) is 0 Å². The second-order valence-electron chi connectivity index (χ2n) is 3.41. The van der Waals surface area contributed by atoms with Gasteiger partial charge in [-0.05, 0) is 41.1 Å². The molecule has 0 aliphatic carbocycles. The van der Waals surface area contributed by atoms with Gasteiger partial charge in [0.15, 0.2) is 0 Å². The fourth-order valence-corrected chi connectivity index (χ4v) is 1.73. The Labute approximate surface area is 110 Å². The van der Waals surface area contributed by atoms with Crippen LogP contribution in [0, 0.1) is 3.57 Å². The Morgan fingerprint density at radius 1 is 1.44 bits per heavy atom. The molecule has 16 heavy (non-hydrogen) atoms. The molecule has 0 bridgehead atoms. The largest absolute Gasteiger partial charge is 0.464 e. The van der Waals surface area contributed by atoms with Crippen molar-refractivity contribution < 1.29 is 9.53 Å². The van der Waals surface area contributed by atoms with Gasteiger partial charge in [0.2, 0.25) is 0 Å². The number of anilines is 1. The maximum absolute atomic E-state index is 11.3. The molecular formula is C12H16INO2. The van der Waals surface area contributed by atoms with Gasteiger partial charge in [-0.1, -0.05) is 25.5 Å². The maximum atomic E-state index is 11.3. The molecule has 0 radical (unpaired) electrons. The number of para-hydroxylation sites is 1. The smallest absolute Gasteiger partial charge is 0.325 e. The van der Waals surface area contributed by atoms with Crippen LogP contribution in [0.2, 0.25) is 0 Å². The summed E-state index contributed by atoms with van der Waals surface area (Å²) in [6.45, 7) is 2.81. The number of halogens is 1. The average molecular weight is 333 g/mol. The van der Waals surface area contributed by atoms with Crippen LogP contribution in [-0.2, 0) is 9.53 Å². The molecule has 0 heterocycles. The zero-order valence-corrected chi connectivity index (χ0v) is 11.5. The second kappa shape index (κ2) is 7.49. The molecule has 0 atom stereocenters. The number of hydrogen-bond donors (Lipinski definition) is 1. The molecule has 0 saturated carbocycles. The number of nitrogens with one attached hydrogen (secondary N) is 1. The monoisotopic (exact) mass is 333 g/mol. The van der Waals surface area contributed by atoms with Crippen LogP contribution >= 0.6 is 22.6 Å². The zero-order valence-electron chi connectivity index (χ0n) is 9.33. The molecule has 0 aliphatic heterocycles. The van der Waals surface area contributed by atoms with Crippen molar-refractivity contribution in [3.05, 3.63) is 27.8 Å². The van der Waals surface area contributed by atoms with Crippen LogP contribution in [0.4, 0.5) is 5.69 Å². The molecular weight excluding hydrogens is 317 g/mol. The van der Waals surface area contributed by atoms with E-state index in [1.165, 1.54) is 0 Å². The van der Waals surface area contributed by atoms with E-state index in [1.807, 2.05) is 24.3 Å². The first-order valence-corrected chi connectivity index (χ1v) is 6.46. The number of carbonyl (C=O) groups excluding carboxylic acids is 1. The summed E-state index contributed by atoms with van der Waals surface area (Å²) in [5.41, 5.74) is 0.968. The van der Waals surface area contributed by atoms with Crippen molar-refractivity contribution in [2.75, 3.05) is 18.5 Å². The summed E-state index contributed by atoms with van der Waals surface area (Å²) in [4.78, 5) is 11.3. The third-order valence-electron chi connectivity index (χ3n) is 2.06. The molecule has 88 valence electrons. The van der Waals surface area contributed by atoms with Crippen LogP contribution in [0.15, 0.2) is 24.3 Å². The number of esters is 1. The summed E-state index contributed by atoms with van der Waals surface area (Å²) < 4.78 is 6.14. The molecule has 0 aliphatic rings. The minimum atomic E-state index is -0.201. The van der Waals surface area contributed by atoms with Gasteiger partial charge in [-0.25, -0.2) is 0 Å². The Morgan fingerprint density at radius 2 is 2.19 bits per heavy atom. The molecule has 4 heteroatoms. The van der Waals surface area contributed by atoms with Crippen LogP contribution in [-0.4, -0.2) is 19.1 Å². The number of hydrogen-bond acceptors (Lipinski definition) is 3. The molecule has 0 aromatic heterocycles. The number of benzene rings is 1. The highest BCUT2D eigenvalue weighted by Gasteiger charge is 2.03. The highest BCUT2D eigenvalue weighted by molar-refractivity contribution is 14.1. The molecule has 0 amide bonds. The van der Waals surface area contributed by atoms with Gasteiger partial charge in [0.05, 0.1) is 6.61 Å². The summed E-state index contributed by atoms with van der Waals surface area (Å²) >= 11 is 2.23. The van der Waals surface area contributed by atoms with Crippen molar-refractivity contribution in [2.24, 2.45) is 0 Å². The first-order chi connectivity index (χ1) is 7.74. The van der Waals surface area contributed by atoms with Gasteiger partial charge in [0, 0.05) is 9.26 Å². The van der Waals surface area contributed by atoms with Crippen molar-refractivity contribution in [1.82, 2.24) is 0 Å². The van der Waals surface area contributed by atoms with E-state index in [1.54, 1.807) is 0 Å². The molecule has 3 nitrogen and oxygen atoms in total. The minimum absolute atomic E-state index is 0.201. The fraction of sp³-hybridized carbons (Fsp3) is 0.417. The van der Waals surface area contributed by atoms with E-state index < -0.39 is 0 Å². The van der Waals surface area contributed by atoms with E-state index in [0.29, 0.717) is 6.61 Å². The minimum Gasteiger partial charge on any atom is -0.464 e. The highest BCUT2D eigenvalue weighted by atomic mass is 127. The van der Waals surface area contributed by atoms with Crippen LogP contribution in [0.3, 0.4) is 0 Å². The Morgan fingerprint density at radius 3 is 2.88 bits per heavy atom. The zero-order chi connectivity index (χ0) is 11.8. The van der Waals surface area contributed by atoms with E-state index >= 15 is 0 Å². The van der Waals surface area contributed by atoms with Crippen LogP contribution < -0.4 is 5.32 Å². The van der Waals surface area contributed by atoms with Gasteiger partial charge in [-0.15, -0.1) is 0 Å². The molecule has 0 spiro atoms. The van der Waals surface area contributed by atoms with Gasteiger partial charge in [0.25, 0.3) is 0 Å². The number of rotatable bonds is 6. The lowest BCUT2D eigenvalue weighted by atomic mass is 10.3. The Hall–Kier alpha value is -0.780. The van der Waals surface area contributed by atoms with E-state index in [4.69, 9.17) is 4.74 Å². The second-order valence-corrected chi connectivity index (χ2v) is 4.57. The molecule has 0 unspecified atom stereocenters. The topological polar surface area (TPSA) is 38.3 Å². The Balaban J connectivity index is 2.29. The van der Waals surface area contributed by atoms with Crippen molar-refractivity contribution >= 4 is 34.2 Å². The Kier molecular flexibility index (Phi) is 6.22. The van der Waals surface area contributed by atoms with Crippen molar-refractivity contribution in [1.29, 1.82) is 0 Å². The summed E-state index contributed by atoms with van der Waals surface area (Å²) in [7, 11) is 0. The maximum Gasteiger partial charge on any atom is 0.325 e. The predicted octanol–water partition coefficient (Wildman–Crippen LogP) is 3.05. The highest BCUT2D eigenvalue weighted by Crippen LogP contribution is 2.16. The van der Waals surface area contributed by atoms with Crippen molar-refractivity contribution in [2.45, 2.75) is 19.8 Å². The third-order valence-corrected chi connectivity index (χ3v) is 3.00. The summed E-state index contributed by atoms with van der Waals surface area (Å²) in [6.07, 6.45) is 1.96. The predicted molar refractivity (Wildman–Crippen MR) is 73.5 cm³/mol. The lowest BCUT2D eigenvalue weighted by Crippen LogP contribution is -2.17.